The molecule has 1 fully saturated rings. The first-order valence-corrected chi connectivity index (χ1v) is 10.8. The molecular formula is C20H18F3N3O3S. The minimum Gasteiger partial charge on any atom is -0.339 e. The summed E-state index contributed by atoms with van der Waals surface area (Å²) in [5, 5.41) is 3.80. The van der Waals surface area contributed by atoms with E-state index in [0.29, 0.717) is 25.3 Å². The van der Waals surface area contributed by atoms with Crippen molar-refractivity contribution in [3.8, 4) is 11.4 Å². The summed E-state index contributed by atoms with van der Waals surface area (Å²) in [7, 11) is -4.18. The SMILES string of the molecule is O=S(=O)(c1cc(F)ccc1F)N1CCCC(Cc2nc(-c3ccccc3F)no2)C1. The van der Waals surface area contributed by atoms with Crippen LogP contribution in [0.5, 0.6) is 0 Å². The van der Waals surface area contributed by atoms with Gasteiger partial charge >= 0.3 is 0 Å². The lowest BCUT2D eigenvalue weighted by Crippen LogP contribution is -2.40. The second-order valence-corrected chi connectivity index (χ2v) is 9.05. The van der Waals surface area contributed by atoms with Gasteiger partial charge in [0.15, 0.2) is 0 Å². The number of rotatable bonds is 5. The molecule has 0 spiro atoms. The van der Waals surface area contributed by atoms with Crippen LogP contribution in [-0.4, -0.2) is 36.0 Å². The number of aromatic nitrogens is 2. The molecule has 4 rings (SSSR count). The van der Waals surface area contributed by atoms with E-state index in [9.17, 15) is 21.6 Å². The molecular weight excluding hydrogens is 419 g/mol. The molecule has 10 heteroatoms. The molecule has 6 nitrogen and oxygen atoms in total. The summed E-state index contributed by atoms with van der Waals surface area (Å²) < 4.78 is 73.4. The first-order chi connectivity index (χ1) is 14.3. The van der Waals surface area contributed by atoms with Crippen molar-refractivity contribution in [2.45, 2.75) is 24.2 Å². The fourth-order valence-electron chi connectivity index (χ4n) is 3.56. The number of benzene rings is 2. The Hall–Kier alpha value is -2.72. The topological polar surface area (TPSA) is 76.3 Å². The quantitative estimate of drug-likeness (QED) is 0.607. The summed E-state index contributed by atoms with van der Waals surface area (Å²) in [6.45, 7) is 0.314. The largest absolute Gasteiger partial charge is 0.339 e. The third kappa shape index (κ3) is 4.10. The Balaban J connectivity index is 1.50. The van der Waals surface area contributed by atoms with Gasteiger partial charge in [-0.2, -0.15) is 9.29 Å². The van der Waals surface area contributed by atoms with Crippen molar-refractivity contribution < 1.29 is 26.1 Å². The monoisotopic (exact) mass is 437 g/mol. The molecule has 1 unspecified atom stereocenters. The van der Waals surface area contributed by atoms with Crippen LogP contribution < -0.4 is 0 Å². The van der Waals surface area contributed by atoms with E-state index in [2.05, 4.69) is 10.1 Å². The van der Waals surface area contributed by atoms with Crippen LogP contribution in [0.2, 0.25) is 0 Å². The molecule has 1 atom stereocenters. The number of sulfonamides is 1. The Morgan fingerprint density at radius 2 is 1.90 bits per heavy atom. The molecule has 0 aliphatic carbocycles. The zero-order valence-electron chi connectivity index (χ0n) is 15.8. The second kappa shape index (κ2) is 8.19. The Morgan fingerprint density at radius 1 is 1.10 bits per heavy atom. The van der Waals surface area contributed by atoms with E-state index in [0.717, 1.165) is 16.4 Å². The molecule has 1 aliphatic heterocycles. The van der Waals surface area contributed by atoms with Crippen LogP contribution in [-0.2, 0) is 16.4 Å². The summed E-state index contributed by atoms with van der Waals surface area (Å²) in [5.74, 6) is -2.07. The number of halogens is 3. The maximum atomic E-state index is 14.0. The zero-order valence-corrected chi connectivity index (χ0v) is 16.6. The summed E-state index contributed by atoms with van der Waals surface area (Å²) >= 11 is 0. The summed E-state index contributed by atoms with van der Waals surface area (Å²) in [6.07, 6.45) is 1.54. The first kappa shape index (κ1) is 20.5. The van der Waals surface area contributed by atoms with E-state index < -0.39 is 32.4 Å². The normalized spacial score (nSPS) is 17.9. The lowest BCUT2D eigenvalue weighted by molar-refractivity contribution is 0.246. The Bertz CT molecular complexity index is 1170. The molecule has 2 aromatic carbocycles. The molecule has 0 saturated carbocycles. The average Bonchev–Trinajstić information content (AvgIpc) is 3.18. The zero-order chi connectivity index (χ0) is 21.3. The van der Waals surface area contributed by atoms with E-state index in [1.165, 1.54) is 12.1 Å². The Morgan fingerprint density at radius 3 is 2.70 bits per heavy atom. The molecule has 158 valence electrons. The maximum Gasteiger partial charge on any atom is 0.246 e. The molecule has 1 aromatic heterocycles. The van der Waals surface area contributed by atoms with Crippen LogP contribution in [0.15, 0.2) is 51.9 Å². The number of hydrogen-bond donors (Lipinski definition) is 0. The van der Waals surface area contributed by atoms with Gasteiger partial charge in [-0.05, 0) is 49.1 Å². The van der Waals surface area contributed by atoms with E-state index in [-0.39, 0.29) is 36.3 Å². The molecule has 0 radical (unpaired) electrons. The third-order valence-corrected chi connectivity index (χ3v) is 6.92. The molecule has 1 saturated heterocycles. The van der Waals surface area contributed by atoms with Crippen molar-refractivity contribution in [2.75, 3.05) is 13.1 Å². The number of piperidine rings is 1. The minimum atomic E-state index is -4.18. The van der Waals surface area contributed by atoms with Gasteiger partial charge in [0.2, 0.25) is 21.7 Å². The molecule has 3 aromatic rings. The minimum absolute atomic E-state index is 0.107. The van der Waals surface area contributed by atoms with E-state index in [1.807, 2.05) is 0 Å². The lowest BCUT2D eigenvalue weighted by atomic mass is 9.96. The summed E-state index contributed by atoms with van der Waals surface area (Å²) in [6, 6.07) is 8.39. The number of nitrogens with zero attached hydrogens (tertiary/aromatic N) is 3. The molecule has 2 heterocycles. The van der Waals surface area contributed by atoms with Crippen LogP contribution in [0.1, 0.15) is 18.7 Å². The van der Waals surface area contributed by atoms with Gasteiger partial charge in [-0.25, -0.2) is 21.6 Å². The van der Waals surface area contributed by atoms with Gasteiger partial charge in [-0.15, -0.1) is 0 Å². The maximum absolute atomic E-state index is 14.0. The Labute approximate surface area is 171 Å². The van der Waals surface area contributed by atoms with Crippen molar-refractivity contribution in [1.29, 1.82) is 0 Å². The van der Waals surface area contributed by atoms with Gasteiger partial charge in [0.25, 0.3) is 0 Å². The molecule has 0 amide bonds. The highest BCUT2D eigenvalue weighted by Gasteiger charge is 2.33. The predicted octanol–water partition coefficient (Wildman–Crippen LogP) is 3.80. The number of hydrogen-bond acceptors (Lipinski definition) is 5. The molecule has 0 N–H and O–H groups in total. The third-order valence-electron chi connectivity index (χ3n) is 5.04. The van der Waals surface area contributed by atoms with Crippen molar-refractivity contribution in [2.24, 2.45) is 5.92 Å². The van der Waals surface area contributed by atoms with Crippen LogP contribution in [0.4, 0.5) is 13.2 Å². The van der Waals surface area contributed by atoms with Crippen LogP contribution in [0.25, 0.3) is 11.4 Å². The van der Waals surface area contributed by atoms with Crippen molar-refractivity contribution in [1.82, 2.24) is 14.4 Å². The fraction of sp³-hybridized carbons (Fsp3) is 0.300. The summed E-state index contributed by atoms with van der Waals surface area (Å²) in [5.41, 5.74) is 0.210. The summed E-state index contributed by atoms with van der Waals surface area (Å²) in [4.78, 5) is 3.53. The van der Waals surface area contributed by atoms with Gasteiger partial charge < -0.3 is 4.52 Å². The van der Waals surface area contributed by atoms with Crippen molar-refractivity contribution in [3.63, 3.8) is 0 Å². The molecule has 1 aliphatic rings. The first-order valence-electron chi connectivity index (χ1n) is 9.37. The lowest BCUT2D eigenvalue weighted by Gasteiger charge is -2.31. The van der Waals surface area contributed by atoms with Crippen LogP contribution >= 0.6 is 0 Å². The highest BCUT2D eigenvalue weighted by Crippen LogP contribution is 2.28. The predicted molar refractivity (Wildman–Crippen MR) is 101 cm³/mol. The van der Waals surface area contributed by atoms with Gasteiger partial charge in [-0.3, -0.25) is 0 Å². The standard InChI is InChI=1S/C20H18F3N3O3S/c21-14-7-8-17(23)18(11-14)30(27,28)26-9-3-4-13(12-26)10-19-24-20(25-29-19)15-5-1-2-6-16(15)22/h1-2,5-8,11,13H,3-4,9-10,12H2. The van der Waals surface area contributed by atoms with Crippen molar-refractivity contribution >= 4 is 10.0 Å². The Kier molecular flexibility index (Phi) is 5.61. The van der Waals surface area contributed by atoms with Crippen LogP contribution in [0.3, 0.4) is 0 Å². The van der Waals surface area contributed by atoms with E-state index >= 15 is 0 Å². The highest BCUT2D eigenvalue weighted by molar-refractivity contribution is 7.89. The fourth-order valence-corrected chi connectivity index (χ4v) is 5.19. The highest BCUT2D eigenvalue weighted by atomic mass is 32.2. The van der Waals surface area contributed by atoms with Gasteiger partial charge in [-0.1, -0.05) is 17.3 Å². The molecule has 30 heavy (non-hydrogen) atoms. The van der Waals surface area contributed by atoms with E-state index in [1.54, 1.807) is 12.1 Å². The molecule has 0 bridgehead atoms. The van der Waals surface area contributed by atoms with Gasteiger partial charge in [0.1, 0.15) is 22.3 Å². The van der Waals surface area contributed by atoms with Crippen molar-refractivity contribution in [3.05, 3.63) is 65.8 Å². The van der Waals surface area contributed by atoms with Gasteiger partial charge in [0.05, 0.1) is 5.56 Å². The second-order valence-electron chi connectivity index (χ2n) is 7.14. The van der Waals surface area contributed by atoms with E-state index in [4.69, 9.17) is 4.52 Å². The van der Waals surface area contributed by atoms with Gasteiger partial charge in [0, 0.05) is 19.5 Å². The smallest absolute Gasteiger partial charge is 0.246 e. The average molecular weight is 437 g/mol. The van der Waals surface area contributed by atoms with Crippen LogP contribution in [0, 0.1) is 23.4 Å².